The van der Waals surface area contributed by atoms with Gasteiger partial charge in [0.05, 0.1) is 37.6 Å². The van der Waals surface area contributed by atoms with Gasteiger partial charge in [-0.1, -0.05) is 25.5 Å². The summed E-state index contributed by atoms with van der Waals surface area (Å²) in [5.74, 6) is 1.12. The van der Waals surface area contributed by atoms with Gasteiger partial charge in [0.15, 0.2) is 25.2 Å². The number of allylic oxidation sites excluding steroid dienone is 1. The summed E-state index contributed by atoms with van der Waals surface area (Å²) in [5, 5.41) is 118. The van der Waals surface area contributed by atoms with Gasteiger partial charge in [-0.05, 0) is 94.3 Å². The molecule has 3 saturated carbocycles. The smallest absolute Gasteiger partial charge is 0.187 e. The fourth-order valence-corrected chi connectivity index (χ4v) is 13.4. The highest BCUT2D eigenvalue weighted by Crippen LogP contribution is 2.67. The van der Waals surface area contributed by atoms with E-state index in [0.717, 1.165) is 32.1 Å². The standard InChI is InChI=1S/C46H74O21/c1-17(49)28-25(59-6)14-24-22-8-7-20-13-21(9-11-45(20,4)23(22)10-12-46(24,28)5)62-44-40(67-41-35(56)32(53)29(50)18(2)60-41)39(31(52)27(16-48)64-44)66-42-37(58)34(55)38(19(3)61-42)65-43-36(57)33(54)30(51)26(15-47)63-43/h7,18-19,21-44,47-48,50-58H,8-16H2,1-6H3/t18-,19-,21-,22+,23-,24-,25-,26+,27+,28-,29-,30+,31+,32+,33-,34-,35+,36+,37+,38-,39-,40+,41-,42-,43-,44+,45-,46-/m0/s1. The monoisotopic (exact) mass is 962 g/mol. The molecule has 21 heteroatoms. The maximum Gasteiger partial charge on any atom is 0.187 e. The SMILES string of the molecule is CO[C@H]1C[C@H]2[C@@H]3CC=C4C[C@@H](O[C@@H]5O[C@H](CO)[C@@H](O)[C@H](O[C@@H]6O[C@@H](C)[C@H](O[C@@H]7O[C@H](CO)[C@@H](O)[C@H](O)[C@H]7O)[C@@H](O)[C@H]6O)[C@H]5O[C@@H]5O[C@@H](C)[C@H](O)[C@@H](O)[C@H]5O)CC[C@]4(C)[C@H]3CC[C@]2(C)[C@H]1C(C)=O. The van der Waals surface area contributed by atoms with Gasteiger partial charge >= 0.3 is 0 Å². The number of ether oxygens (including phenoxy) is 9. The van der Waals surface area contributed by atoms with Crippen LogP contribution in [0.25, 0.3) is 0 Å². The van der Waals surface area contributed by atoms with Crippen LogP contribution in [-0.4, -0.2) is 217 Å². The van der Waals surface area contributed by atoms with Gasteiger partial charge in [-0.25, -0.2) is 0 Å². The van der Waals surface area contributed by atoms with Crippen molar-refractivity contribution in [3.05, 3.63) is 11.6 Å². The molecular formula is C46H74O21. The van der Waals surface area contributed by atoms with Crippen molar-refractivity contribution in [3.8, 4) is 0 Å². The number of Topliss-reactive ketones (excluding diaryl/α,β-unsaturated/α-hetero) is 1. The van der Waals surface area contributed by atoms with Crippen molar-refractivity contribution < 1.29 is 104 Å². The molecule has 4 saturated heterocycles. The zero-order chi connectivity index (χ0) is 48.6. The number of aliphatic hydroxyl groups excluding tert-OH is 11. The minimum atomic E-state index is -1.93. The number of carbonyl (C=O) groups is 1. The first-order chi connectivity index (χ1) is 31.7. The topological polar surface area (TPSA) is 323 Å². The Morgan fingerprint density at radius 3 is 1.85 bits per heavy atom. The number of hydrogen-bond acceptors (Lipinski definition) is 21. The lowest BCUT2D eigenvalue weighted by Crippen LogP contribution is -2.67. The molecule has 384 valence electrons. The lowest BCUT2D eigenvalue weighted by Gasteiger charge is -2.58. The third-order valence-corrected chi connectivity index (χ3v) is 17.2. The number of methoxy groups -OCH3 is 1. The van der Waals surface area contributed by atoms with Crippen molar-refractivity contribution in [2.24, 2.45) is 34.5 Å². The summed E-state index contributed by atoms with van der Waals surface area (Å²) in [6.45, 7) is 7.70. The van der Waals surface area contributed by atoms with E-state index in [4.69, 9.17) is 42.6 Å². The average Bonchev–Trinajstić information content (AvgIpc) is 3.62. The first-order valence-corrected chi connectivity index (χ1v) is 24.0. The number of rotatable bonds is 12. The number of aliphatic hydroxyl groups is 11. The van der Waals surface area contributed by atoms with Crippen molar-refractivity contribution in [1.29, 1.82) is 0 Å². The second kappa shape index (κ2) is 20.3. The summed E-state index contributed by atoms with van der Waals surface area (Å²) < 4.78 is 54.4. The largest absolute Gasteiger partial charge is 0.394 e. The molecule has 0 aromatic heterocycles. The van der Waals surface area contributed by atoms with E-state index in [2.05, 4.69) is 19.9 Å². The Hall–Kier alpha value is -1.39. The molecule has 11 N–H and O–H groups in total. The summed E-state index contributed by atoms with van der Waals surface area (Å²) in [6, 6.07) is 0. The Kier molecular flexibility index (Phi) is 15.7. The van der Waals surface area contributed by atoms with E-state index in [9.17, 15) is 61.0 Å². The van der Waals surface area contributed by atoms with Gasteiger partial charge in [0.2, 0.25) is 0 Å². The molecule has 0 radical (unpaired) electrons. The minimum Gasteiger partial charge on any atom is -0.394 e. The van der Waals surface area contributed by atoms with E-state index in [-0.39, 0.29) is 28.6 Å². The highest BCUT2D eigenvalue weighted by Gasteiger charge is 2.63. The number of fused-ring (bicyclic) bond motifs is 5. The lowest BCUT2D eigenvalue weighted by atomic mass is 9.47. The Balaban J connectivity index is 1.02. The van der Waals surface area contributed by atoms with E-state index in [1.807, 2.05) is 0 Å². The average molecular weight is 963 g/mol. The molecule has 4 aliphatic heterocycles. The van der Waals surface area contributed by atoms with Crippen molar-refractivity contribution in [2.75, 3.05) is 20.3 Å². The quantitative estimate of drug-likeness (QED) is 0.0901. The molecule has 0 unspecified atom stereocenters. The van der Waals surface area contributed by atoms with E-state index < -0.39 is 142 Å². The van der Waals surface area contributed by atoms with Crippen molar-refractivity contribution in [3.63, 3.8) is 0 Å². The molecule has 8 rings (SSSR count). The second-order valence-electron chi connectivity index (χ2n) is 21.0. The first kappa shape index (κ1) is 51.9. The van der Waals surface area contributed by atoms with Crippen LogP contribution in [0.5, 0.6) is 0 Å². The third kappa shape index (κ3) is 9.23. The van der Waals surface area contributed by atoms with Crippen LogP contribution in [0.15, 0.2) is 11.6 Å². The summed E-state index contributed by atoms with van der Waals surface area (Å²) in [4.78, 5) is 13.0. The predicted molar refractivity (Wildman–Crippen MR) is 226 cm³/mol. The molecule has 8 aliphatic rings. The molecule has 67 heavy (non-hydrogen) atoms. The second-order valence-corrected chi connectivity index (χ2v) is 21.0. The molecule has 0 aromatic rings. The van der Waals surface area contributed by atoms with E-state index >= 15 is 0 Å². The Bertz CT molecular complexity index is 1740. The molecule has 28 atom stereocenters. The van der Waals surface area contributed by atoms with Gasteiger partial charge in [-0.15, -0.1) is 0 Å². The Morgan fingerprint density at radius 2 is 1.21 bits per heavy atom. The van der Waals surface area contributed by atoms with Crippen LogP contribution >= 0.6 is 0 Å². The molecular weight excluding hydrogens is 888 g/mol. The maximum absolute atomic E-state index is 13.0. The van der Waals surface area contributed by atoms with Gasteiger partial charge in [0.1, 0.15) is 91.2 Å². The fourth-order valence-electron chi connectivity index (χ4n) is 13.4. The van der Waals surface area contributed by atoms with E-state index in [0.29, 0.717) is 30.6 Å². The fraction of sp³-hybridized carbons (Fsp3) is 0.935. The van der Waals surface area contributed by atoms with Gasteiger partial charge in [0.25, 0.3) is 0 Å². The number of hydrogen-bond donors (Lipinski definition) is 11. The van der Waals surface area contributed by atoms with Crippen LogP contribution in [0, 0.1) is 34.5 Å². The maximum atomic E-state index is 13.0. The molecule has 21 nitrogen and oxygen atoms in total. The third-order valence-electron chi connectivity index (χ3n) is 17.2. The summed E-state index contributed by atoms with van der Waals surface area (Å²) in [6.07, 6.45) is -24.6. The molecule has 0 aromatic carbocycles. The zero-order valence-corrected chi connectivity index (χ0v) is 39.0. The predicted octanol–water partition coefficient (Wildman–Crippen LogP) is -2.51. The van der Waals surface area contributed by atoms with Crippen LogP contribution in [0.3, 0.4) is 0 Å². The number of carbonyl (C=O) groups excluding carboxylic acids is 1. The van der Waals surface area contributed by atoms with Gasteiger partial charge in [0, 0.05) is 13.0 Å². The normalized spacial score (nSPS) is 54.7. The lowest BCUT2D eigenvalue weighted by molar-refractivity contribution is -0.398. The van der Waals surface area contributed by atoms with Crippen molar-refractivity contribution in [1.82, 2.24) is 0 Å². The van der Waals surface area contributed by atoms with Crippen molar-refractivity contribution >= 4 is 5.78 Å². The molecule has 4 heterocycles. The van der Waals surface area contributed by atoms with Crippen LogP contribution in [-0.2, 0) is 47.4 Å². The molecule has 0 bridgehead atoms. The van der Waals surface area contributed by atoms with E-state index in [1.165, 1.54) is 19.4 Å². The summed E-state index contributed by atoms with van der Waals surface area (Å²) >= 11 is 0. The van der Waals surface area contributed by atoms with Crippen LogP contribution in [0.2, 0.25) is 0 Å². The van der Waals surface area contributed by atoms with Crippen LogP contribution in [0.4, 0.5) is 0 Å². The van der Waals surface area contributed by atoms with Crippen LogP contribution in [0.1, 0.15) is 79.6 Å². The summed E-state index contributed by atoms with van der Waals surface area (Å²) in [7, 11) is 1.70. The molecule has 4 aliphatic carbocycles. The molecule has 7 fully saturated rings. The highest BCUT2D eigenvalue weighted by atomic mass is 16.8. The Labute approximate surface area is 389 Å². The minimum absolute atomic E-state index is 0.109. The van der Waals surface area contributed by atoms with Gasteiger partial charge < -0.3 is 98.8 Å². The van der Waals surface area contributed by atoms with Gasteiger partial charge in [-0.3, -0.25) is 4.79 Å². The zero-order valence-electron chi connectivity index (χ0n) is 39.0. The number of ketones is 1. The highest BCUT2D eigenvalue weighted by molar-refractivity contribution is 5.80. The van der Waals surface area contributed by atoms with Crippen LogP contribution < -0.4 is 0 Å². The summed E-state index contributed by atoms with van der Waals surface area (Å²) in [5.41, 5.74) is 0.940. The first-order valence-electron chi connectivity index (χ1n) is 24.0. The molecule has 0 amide bonds. The van der Waals surface area contributed by atoms with Crippen molar-refractivity contribution in [2.45, 2.75) is 215 Å². The molecule has 0 spiro atoms. The Morgan fingerprint density at radius 1 is 0.642 bits per heavy atom. The van der Waals surface area contributed by atoms with E-state index in [1.54, 1.807) is 14.0 Å². The van der Waals surface area contributed by atoms with Gasteiger partial charge in [-0.2, -0.15) is 0 Å².